The molecule has 2 amide bonds. The van der Waals surface area contributed by atoms with Crippen molar-refractivity contribution in [2.24, 2.45) is 5.92 Å². The number of amides is 2. The molecule has 2 aromatic rings. The number of benzene rings is 1. The number of aryl methyl sites for hydroxylation is 1. The number of carbonyl (C=O) groups excluding carboxylic acids is 2. The monoisotopic (exact) mass is 403 g/mol. The number of rotatable bonds is 5. The molecule has 2 heterocycles. The Kier molecular flexibility index (Phi) is 5.60. The minimum Gasteiger partial charge on any atom is -0.441 e. The number of aromatic nitrogens is 1. The van der Waals surface area contributed by atoms with Crippen LogP contribution in [-0.2, 0) is 16.0 Å². The van der Waals surface area contributed by atoms with Crippen molar-refractivity contribution < 1.29 is 22.8 Å². The Morgan fingerprint density at radius 1 is 1.10 bits per heavy atom. The van der Waals surface area contributed by atoms with Crippen LogP contribution < -0.4 is 0 Å². The summed E-state index contributed by atoms with van der Waals surface area (Å²) in [7, 11) is 0. The summed E-state index contributed by atoms with van der Waals surface area (Å²) in [6.45, 7) is 2.23. The standard InChI is InChI=1S/C21H23F2N3O3/c22-15-4-5-16(17(23)12-15)18-13-24-19(29-18)6-7-20(27)25-8-10-26(11-9-25)21(28)14-2-1-3-14/h4-5,12-14H,1-3,6-11H2. The molecule has 4 rings (SSSR count). The number of hydrogen-bond donors (Lipinski definition) is 0. The highest BCUT2D eigenvalue weighted by Crippen LogP contribution is 2.28. The number of hydrogen-bond acceptors (Lipinski definition) is 4. The fourth-order valence-electron chi connectivity index (χ4n) is 3.70. The molecule has 29 heavy (non-hydrogen) atoms. The van der Waals surface area contributed by atoms with E-state index in [2.05, 4.69) is 4.98 Å². The van der Waals surface area contributed by atoms with Gasteiger partial charge in [0.15, 0.2) is 11.7 Å². The second-order valence-corrected chi connectivity index (χ2v) is 7.58. The molecular formula is C21H23F2N3O3. The zero-order valence-electron chi connectivity index (χ0n) is 16.1. The maximum absolute atomic E-state index is 13.9. The molecule has 0 spiro atoms. The number of oxazole rings is 1. The molecule has 1 aromatic carbocycles. The molecule has 1 aromatic heterocycles. The molecule has 1 aliphatic heterocycles. The lowest BCUT2D eigenvalue weighted by atomic mass is 9.84. The Morgan fingerprint density at radius 2 is 1.83 bits per heavy atom. The van der Waals surface area contributed by atoms with Gasteiger partial charge in [-0.15, -0.1) is 0 Å². The Balaban J connectivity index is 1.27. The molecule has 2 aliphatic rings. The number of halogens is 2. The summed E-state index contributed by atoms with van der Waals surface area (Å²) in [5, 5.41) is 0. The third-order valence-electron chi connectivity index (χ3n) is 5.70. The smallest absolute Gasteiger partial charge is 0.225 e. The van der Waals surface area contributed by atoms with E-state index >= 15 is 0 Å². The molecule has 0 unspecified atom stereocenters. The highest BCUT2D eigenvalue weighted by Gasteiger charge is 2.32. The third kappa shape index (κ3) is 4.31. The van der Waals surface area contributed by atoms with Gasteiger partial charge in [-0.25, -0.2) is 13.8 Å². The first kappa shape index (κ1) is 19.5. The Bertz CT molecular complexity index is 902. The van der Waals surface area contributed by atoms with E-state index in [0.717, 1.165) is 31.4 Å². The van der Waals surface area contributed by atoms with Crippen LogP contribution in [0.15, 0.2) is 28.8 Å². The quantitative estimate of drug-likeness (QED) is 0.770. The van der Waals surface area contributed by atoms with Crippen LogP contribution in [-0.4, -0.2) is 52.8 Å². The van der Waals surface area contributed by atoms with Gasteiger partial charge in [-0.1, -0.05) is 6.42 Å². The topological polar surface area (TPSA) is 66.7 Å². The van der Waals surface area contributed by atoms with E-state index in [9.17, 15) is 18.4 Å². The van der Waals surface area contributed by atoms with Crippen molar-refractivity contribution in [3.05, 3.63) is 41.9 Å². The summed E-state index contributed by atoms with van der Waals surface area (Å²) >= 11 is 0. The van der Waals surface area contributed by atoms with Gasteiger partial charge in [0, 0.05) is 51.0 Å². The van der Waals surface area contributed by atoms with Crippen LogP contribution in [0.2, 0.25) is 0 Å². The van der Waals surface area contributed by atoms with E-state index in [1.807, 2.05) is 4.90 Å². The first-order valence-electron chi connectivity index (χ1n) is 9.98. The zero-order valence-corrected chi connectivity index (χ0v) is 16.1. The van der Waals surface area contributed by atoms with Gasteiger partial charge in [-0.05, 0) is 25.0 Å². The summed E-state index contributed by atoms with van der Waals surface area (Å²) in [5.74, 6) is -0.465. The Labute approximate surface area is 167 Å². The van der Waals surface area contributed by atoms with E-state index in [-0.39, 0.29) is 35.5 Å². The third-order valence-corrected chi connectivity index (χ3v) is 5.70. The molecule has 1 saturated heterocycles. The molecule has 0 N–H and O–H groups in total. The van der Waals surface area contributed by atoms with Crippen LogP contribution in [0.4, 0.5) is 8.78 Å². The second-order valence-electron chi connectivity index (χ2n) is 7.58. The molecule has 0 radical (unpaired) electrons. The molecule has 2 fully saturated rings. The van der Waals surface area contributed by atoms with E-state index in [4.69, 9.17) is 4.42 Å². The lowest BCUT2D eigenvalue weighted by Crippen LogP contribution is -2.52. The fourth-order valence-corrected chi connectivity index (χ4v) is 3.70. The lowest BCUT2D eigenvalue weighted by molar-refractivity contribution is -0.144. The molecule has 1 saturated carbocycles. The molecule has 154 valence electrons. The first-order valence-corrected chi connectivity index (χ1v) is 9.98. The van der Waals surface area contributed by atoms with Gasteiger partial charge in [0.2, 0.25) is 11.8 Å². The summed E-state index contributed by atoms with van der Waals surface area (Å²) in [4.78, 5) is 32.5. The van der Waals surface area contributed by atoms with E-state index in [0.29, 0.717) is 38.5 Å². The summed E-state index contributed by atoms with van der Waals surface area (Å²) in [6.07, 6.45) is 4.99. The van der Waals surface area contributed by atoms with Gasteiger partial charge in [0.25, 0.3) is 0 Å². The van der Waals surface area contributed by atoms with Crippen LogP contribution in [0.25, 0.3) is 11.3 Å². The minimum absolute atomic E-state index is 0.0199. The second kappa shape index (κ2) is 8.31. The van der Waals surface area contributed by atoms with Crippen LogP contribution in [0.1, 0.15) is 31.6 Å². The lowest BCUT2D eigenvalue weighted by Gasteiger charge is -2.38. The summed E-state index contributed by atoms with van der Waals surface area (Å²) in [5.41, 5.74) is 0.128. The predicted octanol–water partition coefficient (Wildman–Crippen LogP) is 3.02. The molecule has 0 atom stereocenters. The van der Waals surface area contributed by atoms with Crippen molar-refractivity contribution in [1.29, 1.82) is 0 Å². The van der Waals surface area contributed by atoms with Gasteiger partial charge < -0.3 is 14.2 Å². The van der Waals surface area contributed by atoms with Crippen LogP contribution in [0.3, 0.4) is 0 Å². The van der Waals surface area contributed by atoms with Crippen molar-refractivity contribution in [2.45, 2.75) is 32.1 Å². The SMILES string of the molecule is O=C(CCc1ncc(-c2ccc(F)cc2F)o1)N1CCN(C(=O)C2CCC2)CC1. The number of nitrogens with zero attached hydrogens (tertiary/aromatic N) is 3. The zero-order chi connectivity index (χ0) is 20.4. The van der Waals surface area contributed by atoms with Crippen molar-refractivity contribution in [3.63, 3.8) is 0 Å². The average Bonchev–Trinajstić information content (AvgIpc) is 3.13. The summed E-state index contributed by atoms with van der Waals surface area (Å²) in [6, 6.07) is 3.24. The van der Waals surface area contributed by atoms with Gasteiger partial charge in [-0.2, -0.15) is 0 Å². The van der Waals surface area contributed by atoms with Crippen molar-refractivity contribution in [2.75, 3.05) is 26.2 Å². The normalized spacial score (nSPS) is 17.3. The maximum atomic E-state index is 13.9. The highest BCUT2D eigenvalue weighted by molar-refractivity contribution is 5.80. The summed E-state index contributed by atoms with van der Waals surface area (Å²) < 4.78 is 32.4. The molecule has 0 bridgehead atoms. The highest BCUT2D eigenvalue weighted by atomic mass is 19.1. The molecular weight excluding hydrogens is 380 g/mol. The van der Waals surface area contributed by atoms with Gasteiger partial charge in [0.05, 0.1) is 11.8 Å². The Morgan fingerprint density at radius 3 is 2.48 bits per heavy atom. The maximum Gasteiger partial charge on any atom is 0.225 e. The largest absolute Gasteiger partial charge is 0.441 e. The fraction of sp³-hybridized carbons (Fsp3) is 0.476. The molecule has 8 heteroatoms. The average molecular weight is 403 g/mol. The predicted molar refractivity (Wildman–Crippen MR) is 101 cm³/mol. The number of piperazine rings is 1. The van der Waals surface area contributed by atoms with Crippen LogP contribution in [0.5, 0.6) is 0 Å². The first-order chi connectivity index (χ1) is 14.0. The van der Waals surface area contributed by atoms with E-state index in [1.54, 1.807) is 4.90 Å². The van der Waals surface area contributed by atoms with E-state index in [1.165, 1.54) is 12.3 Å². The van der Waals surface area contributed by atoms with Gasteiger partial charge in [0.1, 0.15) is 11.6 Å². The van der Waals surface area contributed by atoms with Crippen molar-refractivity contribution in [3.8, 4) is 11.3 Å². The molecule has 1 aliphatic carbocycles. The Hall–Kier alpha value is -2.77. The van der Waals surface area contributed by atoms with Gasteiger partial charge in [-0.3, -0.25) is 9.59 Å². The van der Waals surface area contributed by atoms with Crippen LogP contribution >= 0.6 is 0 Å². The van der Waals surface area contributed by atoms with Crippen molar-refractivity contribution in [1.82, 2.24) is 14.8 Å². The van der Waals surface area contributed by atoms with Crippen LogP contribution in [0, 0.1) is 17.6 Å². The van der Waals surface area contributed by atoms with E-state index < -0.39 is 11.6 Å². The molecule has 6 nitrogen and oxygen atoms in total. The number of carbonyl (C=O) groups is 2. The van der Waals surface area contributed by atoms with Crippen molar-refractivity contribution >= 4 is 11.8 Å². The van der Waals surface area contributed by atoms with Gasteiger partial charge >= 0.3 is 0 Å². The minimum atomic E-state index is -0.724.